The number of hydrogen-bond donors (Lipinski definition) is 0. The number of likely N-dealkylation sites (tertiary alicyclic amines) is 1. The molecule has 0 saturated carbocycles. The molecule has 5 nitrogen and oxygen atoms in total. The molecule has 29 heavy (non-hydrogen) atoms. The lowest BCUT2D eigenvalue weighted by Crippen LogP contribution is -2.13. The van der Waals surface area contributed by atoms with E-state index in [0.717, 1.165) is 30.9 Å². The summed E-state index contributed by atoms with van der Waals surface area (Å²) < 4.78 is 7.40. The fourth-order valence-electron chi connectivity index (χ4n) is 3.79. The van der Waals surface area contributed by atoms with Gasteiger partial charge in [0.1, 0.15) is 5.75 Å². The van der Waals surface area contributed by atoms with Crippen LogP contribution in [0.2, 0.25) is 0 Å². The maximum Gasteiger partial charge on any atom is 0.187 e. The molecule has 0 spiro atoms. The van der Waals surface area contributed by atoms with Gasteiger partial charge in [-0.25, -0.2) is 4.98 Å². The highest BCUT2D eigenvalue weighted by atomic mass is 16.5. The lowest BCUT2D eigenvalue weighted by molar-refractivity contribution is 0.104. The number of benzene rings is 2. The first-order valence-electron chi connectivity index (χ1n) is 9.84. The molecule has 0 amide bonds. The zero-order chi connectivity index (χ0) is 20.2. The Kier molecular flexibility index (Phi) is 5.47. The Hall–Kier alpha value is -3.34. The Morgan fingerprint density at radius 2 is 2.03 bits per heavy atom. The van der Waals surface area contributed by atoms with Crippen molar-refractivity contribution in [3.63, 3.8) is 0 Å². The molecule has 1 fully saturated rings. The minimum absolute atomic E-state index is 0.0279. The summed E-state index contributed by atoms with van der Waals surface area (Å²) in [6.07, 6.45) is 8.35. The van der Waals surface area contributed by atoms with Crippen molar-refractivity contribution in [3.8, 4) is 11.4 Å². The van der Waals surface area contributed by atoms with Crippen molar-refractivity contribution in [3.05, 3.63) is 90.2 Å². The summed E-state index contributed by atoms with van der Waals surface area (Å²) in [5, 5.41) is 0. The number of ketones is 1. The number of methoxy groups -OCH3 is 1. The number of ether oxygens (including phenoxy) is 1. The van der Waals surface area contributed by atoms with Crippen molar-refractivity contribution in [2.75, 3.05) is 20.2 Å². The highest BCUT2D eigenvalue weighted by molar-refractivity contribution is 6.04. The number of aromatic nitrogens is 2. The van der Waals surface area contributed by atoms with E-state index in [1.807, 2.05) is 42.1 Å². The van der Waals surface area contributed by atoms with Crippen LogP contribution in [0.1, 0.15) is 34.0 Å². The highest BCUT2D eigenvalue weighted by Crippen LogP contribution is 2.28. The van der Waals surface area contributed by atoms with E-state index in [0.29, 0.717) is 17.2 Å². The fourth-order valence-corrected chi connectivity index (χ4v) is 3.79. The van der Waals surface area contributed by atoms with Gasteiger partial charge in [-0.3, -0.25) is 4.79 Å². The van der Waals surface area contributed by atoms with E-state index >= 15 is 0 Å². The van der Waals surface area contributed by atoms with Crippen LogP contribution < -0.4 is 4.74 Å². The number of hydrogen-bond acceptors (Lipinski definition) is 4. The van der Waals surface area contributed by atoms with Crippen LogP contribution in [0.3, 0.4) is 0 Å². The molecule has 0 aliphatic carbocycles. The van der Waals surface area contributed by atoms with E-state index in [9.17, 15) is 4.79 Å². The number of carbonyl (C=O) groups is 1. The van der Waals surface area contributed by atoms with Crippen LogP contribution in [-0.4, -0.2) is 40.4 Å². The Morgan fingerprint density at radius 3 is 2.76 bits per heavy atom. The van der Waals surface area contributed by atoms with Crippen LogP contribution in [0.5, 0.6) is 5.75 Å². The van der Waals surface area contributed by atoms with E-state index in [-0.39, 0.29) is 5.78 Å². The minimum atomic E-state index is -0.0279. The molecule has 3 aromatic rings. The third-order valence-electron chi connectivity index (χ3n) is 5.38. The van der Waals surface area contributed by atoms with E-state index < -0.39 is 0 Å². The second kappa shape index (κ2) is 8.35. The molecular weight excluding hydrogens is 362 g/mol. The van der Waals surface area contributed by atoms with Crippen molar-refractivity contribution in [1.29, 1.82) is 0 Å². The molecule has 1 aliphatic heterocycles. The molecule has 2 heterocycles. The minimum Gasteiger partial charge on any atom is -0.495 e. The molecular formula is C24H25N3O2. The van der Waals surface area contributed by atoms with Gasteiger partial charge in [0.25, 0.3) is 0 Å². The second-order valence-electron chi connectivity index (χ2n) is 7.38. The predicted octanol–water partition coefficient (Wildman–Crippen LogP) is 4.38. The van der Waals surface area contributed by atoms with Gasteiger partial charge in [0.15, 0.2) is 5.78 Å². The third-order valence-corrected chi connectivity index (χ3v) is 5.38. The average Bonchev–Trinajstić information content (AvgIpc) is 3.41. The molecule has 1 atom stereocenters. The number of nitrogens with zero attached hydrogens (tertiary/aromatic N) is 3. The van der Waals surface area contributed by atoms with Crippen molar-refractivity contribution in [2.45, 2.75) is 19.3 Å². The number of aryl methyl sites for hydroxylation is 1. The van der Waals surface area contributed by atoms with Gasteiger partial charge in [0, 0.05) is 43.0 Å². The Labute approximate surface area is 171 Å². The largest absolute Gasteiger partial charge is 0.495 e. The maximum atomic E-state index is 12.7. The Morgan fingerprint density at radius 1 is 1.21 bits per heavy atom. The van der Waals surface area contributed by atoms with Crippen LogP contribution in [-0.2, 0) is 0 Å². The van der Waals surface area contributed by atoms with Crippen LogP contribution in [0.25, 0.3) is 5.69 Å². The molecule has 0 radical (unpaired) electrons. The molecule has 1 aliphatic rings. The first kappa shape index (κ1) is 19.0. The van der Waals surface area contributed by atoms with Crippen molar-refractivity contribution in [2.24, 2.45) is 0 Å². The van der Waals surface area contributed by atoms with Gasteiger partial charge in [-0.1, -0.05) is 30.3 Å². The van der Waals surface area contributed by atoms with Gasteiger partial charge >= 0.3 is 0 Å². The molecule has 0 bridgehead atoms. The van der Waals surface area contributed by atoms with Crippen molar-refractivity contribution in [1.82, 2.24) is 14.5 Å². The molecule has 0 N–H and O–H groups in total. The van der Waals surface area contributed by atoms with Crippen LogP contribution in [0.15, 0.2) is 73.3 Å². The average molecular weight is 387 g/mol. The summed E-state index contributed by atoms with van der Waals surface area (Å²) in [5.74, 6) is 1.14. The van der Waals surface area contributed by atoms with Gasteiger partial charge in [0.2, 0.25) is 0 Å². The van der Waals surface area contributed by atoms with Crippen molar-refractivity contribution >= 4 is 5.78 Å². The fraction of sp³-hybridized carbons (Fsp3) is 0.250. The highest BCUT2D eigenvalue weighted by Gasteiger charge is 2.21. The van der Waals surface area contributed by atoms with Crippen LogP contribution in [0, 0.1) is 6.92 Å². The lowest BCUT2D eigenvalue weighted by atomic mass is 9.99. The normalized spacial score (nSPS) is 16.5. The topological polar surface area (TPSA) is 47.4 Å². The molecule has 5 heteroatoms. The molecule has 1 saturated heterocycles. The van der Waals surface area contributed by atoms with E-state index in [2.05, 4.69) is 34.1 Å². The number of imidazole rings is 1. The zero-order valence-electron chi connectivity index (χ0n) is 16.8. The number of allylic oxidation sites excluding steroid dienone is 1. The first-order chi connectivity index (χ1) is 14.1. The maximum absolute atomic E-state index is 12.7. The molecule has 4 rings (SSSR count). The molecule has 148 valence electrons. The van der Waals surface area contributed by atoms with Crippen molar-refractivity contribution < 1.29 is 9.53 Å². The van der Waals surface area contributed by atoms with Crippen LogP contribution in [0.4, 0.5) is 0 Å². The van der Waals surface area contributed by atoms with E-state index in [1.54, 1.807) is 25.6 Å². The van der Waals surface area contributed by atoms with Gasteiger partial charge < -0.3 is 14.2 Å². The third kappa shape index (κ3) is 4.24. The molecule has 2 aromatic carbocycles. The summed E-state index contributed by atoms with van der Waals surface area (Å²) >= 11 is 0. The molecule has 1 aromatic heterocycles. The summed E-state index contributed by atoms with van der Waals surface area (Å²) in [5.41, 5.74) is 3.76. The monoisotopic (exact) mass is 387 g/mol. The predicted molar refractivity (Wildman–Crippen MR) is 114 cm³/mol. The number of carbonyl (C=O) groups excluding carboxylic acids is 1. The summed E-state index contributed by atoms with van der Waals surface area (Å²) in [6.45, 7) is 3.84. The van der Waals surface area contributed by atoms with E-state index in [4.69, 9.17) is 4.74 Å². The first-order valence-corrected chi connectivity index (χ1v) is 9.84. The quantitative estimate of drug-likeness (QED) is 0.465. The van der Waals surface area contributed by atoms with Gasteiger partial charge in [-0.05, 0) is 37.1 Å². The van der Waals surface area contributed by atoms with E-state index in [1.165, 1.54) is 5.56 Å². The zero-order valence-corrected chi connectivity index (χ0v) is 16.8. The van der Waals surface area contributed by atoms with Gasteiger partial charge in [-0.15, -0.1) is 0 Å². The smallest absolute Gasteiger partial charge is 0.187 e. The van der Waals surface area contributed by atoms with Gasteiger partial charge in [0.05, 0.1) is 24.8 Å². The second-order valence-corrected chi connectivity index (χ2v) is 7.38. The summed E-state index contributed by atoms with van der Waals surface area (Å²) in [6, 6.07) is 16.1. The molecule has 1 unspecified atom stereocenters. The standard InChI is InChI=1S/C24H25N3O2/c1-18-15-27(17-25-18)22-9-8-20(14-24(22)29-2)23(28)11-13-26-12-10-21(16-26)19-6-4-3-5-7-19/h3-9,11,13-15,17,21H,10,12,16H2,1-2H3. The SMILES string of the molecule is COc1cc(C(=O)C=CN2CCC(c3ccccc3)C2)ccc1-n1cnc(C)c1. The van der Waals surface area contributed by atoms with Gasteiger partial charge in [-0.2, -0.15) is 0 Å². The Bertz CT molecular complexity index is 1020. The lowest BCUT2D eigenvalue weighted by Gasteiger charge is -2.13. The Balaban J connectivity index is 1.44. The summed E-state index contributed by atoms with van der Waals surface area (Å²) in [7, 11) is 1.61. The van der Waals surface area contributed by atoms with Crippen LogP contribution >= 0.6 is 0 Å². The summed E-state index contributed by atoms with van der Waals surface area (Å²) in [4.78, 5) is 19.2. The number of rotatable bonds is 6.